The molecule has 0 aliphatic carbocycles. The predicted octanol–water partition coefficient (Wildman–Crippen LogP) is 3.91. The summed E-state index contributed by atoms with van der Waals surface area (Å²) in [7, 11) is 0. The largest absolute Gasteiger partial charge is 0.369 e. The average Bonchev–Trinajstić information content (AvgIpc) is 2.57. The summed E-state index contributed by atoms with van der Waals surface area (Å²) in [4.78, 5) is 6.49. The lowest BCUT2D eigenvalue weighted by atomic mass is 10.1. The van der Waals surface area contributed by atoms with Crippen molar-refractivity contribution in [3.63, 3.8) is 0 Å². The van der Waals surface area contributed by atoms with E-state index in [-0.39, 0.29) is 0 Å². The first-order valence-electron chi connectivity index (χ1n) is 8.04. The number of aryl methyl sites for hydroxylation is 1. The third-order valence-electron chi connectivity index (χ3n) is 4.25. The second-order valence-electron chi connectivity index (χ2n) is 5.78. The van der Waals surface area contributed by atoms with Gasteiger partial charge in [-0.25, -0.2) is 0 Å². The molecule has 2 nitrogen and oxygen atoms in total. The molecule has 0 saturated carbocycles. The van der Waals surface area contributed by atoms with Crippen LogP contribution < -0.4 is 4.90 Å². The molecular weight excluding hydrogens is 288 g/mol. The number of nitrogens with zero attached hydrogens (tertiary/aromatic N) is 2. The predicted molar refractivity (Wildman–Crippen MR) is 97.0 cm³/mol. The highest BCUT2D eigenvalue weighted by molar-refractivity contribution is 7.99. The van der Waals surface area contributed by atoms with E-state index in [9.17, 15) is 0 Å². The SMILES string of the molecule is Cc1ccccc1N1CCN(CCSc2ccccc2)CC1. The molecule has 1 saturated heterocycles. The van der Waals surface area contributed by atoms with E-state index in [0.717, 1.165) is 13.1 Å². The summed E-state index contributed by atoms with van der Waals surface area (Å²) >= 11 is 1.96. The molecule has 3 heteroatoms. The lowest BCUT2D eigenvalue weighted by molar-refractivity contribution is 0.273. The first kappa shape index (κ1) is 15.4. The molecule has 2 aromatic rings. The van der Waals surface area contributed by atoms with E-state index in [1.54, 1.807) is 0 Å². The highest BCUT2D eigenvalue weighted by atomic mass is 32.2. The number of rotatable bonds is 5. The molecule has 0 spiro atoms. The van der Waals surface area contributed by atoms with Crippen LogP contribution >= 0.6 is 11.8 Å². The monoisotopic (exact) mass is 312 g/mol. The quantitative estimate of drug-likeness (QED) is 0.773. The molecule has 1 fully saturated rings. The molecule has 0 amide bonds. The molecular formula is C19H24N2S. The lowest BCUT2D eigenvalue weighted by Gasteiger charge is -2.36. The molecule has 0 unspecified atom stereocenters. The zero-order valence-corrected chi connectivity index (χ0v) is 14.1. The molecule has 1 aliphatic heterocycles. The summed E-state index contributed by atoms with van der Waals surface area (Å²) in [5.74, 6) is 1.17. The van der Waals surface area contributed by atoms with E-state index in [1.807, 2.05) is 11.8 Å². The Morgan fingerprint density at radius 3 is 2.27 bits per heavy atom. The summed E-state index contributed by atoms with van der Waals surface area (Å²) < 4.78 is 0. The second kappa shape index (κ2) is 7.70. The molecule has 1 aliphatic rings. The van der Waals surface area contributed by atoms with Crippen LogP contribution in [0.15, 0.2) is 59.5 Å². The molecule has 0 aromatic heterocycles. The zero-order chi connectivity index (χ0) is 15.2. The summed E-state index contributed by atoms with van der Waals surface area (Å²) in [5, 5.41) is 0. The van der Waals surface area contributed by atoms with Gasteiger partial charge < -0.3 is 4.90 Å². The normalized spacial score (nSPS) is 16.0. The Balaban J connectivity index is 1.43. The van der Waals surface area contributed by atoms with Gasteiger partial charge in [0.2, 0.25) is 0 Å². The van der Waals surface area contributed by atoms with E-state index in [0.29, 0.717) is 0 Å². The summed E-state index contributed by atoms with van der Waals surface area (Å²) in [6.07, 6.45) is 0. The van der Waals surface area contributed by atoms with Gasteiger partial charge in [0.25, 0.3) is 0 Å². The minimum atomic E-state index is 1.14. The molecule has 0 atom stereocenters. The fraction of sp³-hybridized carbons (Fsp3) is 0.368. The fourth-order valence-corrected chi connectivity index (χ4v) is 3.87. The average molecular weight is 312 g/mol. The number of hydrogen-bond donors (Lipinski definition) is 0. The maximum absolute atomic E-state index is 2.59. The minimum Gasteiger partial charge on any atom is -0.369 e. The van der Waals surface area contributed by atoms with Gasteiger partial charge in [0.1, 0.15) is 0 Å². The second-order valence-corrected chi connectivity index (χ2v) is 6.95. The van der Waals surface area contributed by atoms with Crippen molar-refractivity contribution in [3.8, 4) is 0 Å². The van der Waals surface area contributed by atoms with Crippen molar-refractivity contribution in [3.05, 3.63) is 60.2 Å². The van der Waals surface area contributed by atoms with Crippen LogP contribution in [0.2, 0.25) is 0 Å². The lowest BCUT2D eigenvalue weighted by Crippen LogP contribution is -2.47. The van der Waals surface area contributed by atoms with Crippen LogP contribution in [-0.2, 0) is 0 Å². The van der Waals surface area contributed by atoms with Gasteiger partial charge in [-0.3, -0.25) is 4.90 Å². The summed E-state index contributed by atoms with van der Waals surface area (Å²) in [6, 6.07) is 19.4. The van der Waals surface area contributed by atoms with Crippen LogP contribution in [0.4, 0.5) is 5.69 Å². The van der Waals surface area contributed by atoms with Gasteiger partial charge in [0.05, 0.1) is 0 Å². The van der Waals surface area contributed by atoms with E-state index in [4.69, 9.17) is 0 Å². The first-order chi connectivity index (χ1) is 10.8. The van der Waals surface area contributed by atoms with Crippen molar-refractivity contribution in [1.82, 2.24) is 4.90 Å². The van der Waals surface area contributed by atoms with Gasteiger partial charge >= 0.3 is 0 Å². The topological polar surface area (TPSA) is 6.48 Å². The van der Waals surface area contributed by atoms with Crippen molar-refractivity contribution >= 4 is 17.4 Å². The molecule has 116 valence electrons. The van der Waals surface area contributed by atoms with E-state index in [2.05, 4.69) is 71.3 Å². The molecule has 0 N–H and O–H groups in total. The van der Waals surface area contributed by atoms with Crippen LogP contribution in [0.1, 0.15) is 5.56 Å². The van der Waals surface area contributed by atoms with Crippen molar-refractivity contribution in [2.75, 3.05) is 43.4 Å². The number of piperazine rings is 1. The number of para-hydroxylation sites is 1. The zero-order valence-electron chi connectivity index (χ0n) is 13.2. The Hall–Kier alpha value is -1.45. The van der Waals surface area contributed by atoms with Crippen molar-refractivity contribution in [2.45, 2.75) is 11.8 Å². The van der Waals surface area contributed by atoms with Gasteiger partial charge in [0, 0.05) is 49.1 Å². The Labute approximate surface area is 138 Å². The van der Waals surface area contributed by atoms with Crippen LogP contribution in [0.5, 0.6) is 0 Å². The highest BCUT2D eigenvalue weighted by Gasteiger charge is 2.17. The Kier molecular flexibility index (Phi) is 5.41. The van der Waals surface area contributed by atoms with Crippen molar-refractivity contribution < 1.29 is 0 Å². The van der Waals surface area contributed by atoms with Crippen LogP contribution in [0.25, 0.3) is 0 Å². The molecule has 22 heavy (non-hydrogen) atoms. The van der Waals surface area contributed by atoms with Crippen molar-refractivity contribution in [1.29, 1.82) is 0 Å². The van der Waals surface area contributed by atoms with E-state index >= 15 is 0 Å². The number of hydrogen-bond acceptors (Lipinski definition) is 3. The maximum atomic E-state index is 2.59. The molecule has 0 radical (unpaired) electrons. The highest BCUT2D eigenvalue weighted by Crippen LogP contribution is 2.21. The molecule has 1 heterocycles. The Bertz CT molecular complexity index is 577. The van der Waals surface area contributed by atoms with Gasteiger partial charge in [-0.1, -0.05) is 36.4 Å². The fourth-order valence-electron chi connectivity index (χ4n) is 2.94. The van der Waals surface area contributed by atoms with Crippen LogP contribution in [0, 0.1) is 6.92 Å². The molecule has 2 aromatic carbocycles. The smallest absolute Gasteiger partial charge is 0.0396 e. The number of thioether (sulfide) groups is 1. The third-order valence-corrected chi connectivity index (χ3v) is 5.24. The number of benzene rings is 2. The summed E-state index contributed by atoms with van der Waals surface area (Å²) in [6.45, 7) is 8.01. The minimum absolute atomic E-state index is 1.14. The molecule has 0 bridgehead atoms. The first-order valence-corrected chi connectivity index (χ1v) is 9.02. The third kappa shape index (κ3) is 4.05. The van der Waals surface area contributed by atoms with Gasteiger partial charge in [-0.2, -0.15) is 0 Å². The van der Waals surface area contributed by atoms with Crippen LogP contribution in [-0.4, -0.2) is 43.4 Å². The Morgan fingerprint density at radius 2 is 1.55 bits per heavy atom. The van der Waals surface area contributed by atoms with E-state index < -0.39 is 0 Å². The standard InChI is InChI=1S/C19H24N2S/c1-17-7-5-6-10-19(17)21-13-11-20(12-14-21)15-16-22-18-8-3-2-4-9-18/h2-10H,11-16H2,1H3. The molecule has 3 rings (SSSR count). The van der Waals surface area contributed by atoms with Crippen molar-refractivity contribution in [2.24, 2.45) is 0 Å². The van der Waals surface area contributed by atoms with Crippen LogP contribution in [0.3, 0.4) is 0 Å². The summed E-state index contributed by atoms with van der Waals surface area (Å²) in [5.41, 5.74) is 2.79. The number of anilines is 1. The van der Waals surface area contributed by atoms with Gasteiger partial charge in [-0.15, -0.1) is 11.8 Å². The van der Waals surface area contributed by atoms with Gasteiger partial charge in [0.15, 0.2) is 0 Å². The maximum Gasteiger partial charge on any atom is 0.0396 e. The van der Waals surface area contributed by atoms with E-state index in [1.165, 1.54) is 41.5 Å². The van der Waals surface area contributed by atoms with Gasteiger partial charge in [-0.05, 0) is 30.7 Å². The Morgan fingerprint density at radius 1 is 0.864 bits per heavy atom.